The van der Waals surface area contributed by atoms with Gasteiger partial charge in [-0.25, -0.2) is 4.98 Å². The quantitative estimate of drug-likeness (QED) is 0.866. The molecule has 2 amide bonds. The smallest absolute Gasteiger partial charge is 0.222 e. The Kier molecular flexibility index (Phi) is 6.04. The number of aryl methyl sites for hydroxylation is 1. The van der Waals surface area contributed by atoms with E-state index in [-0.39, 0.29) is 17.9 Å². The maximum absolute atomic E-state index is 12.6. The molecule has 26 heavy (non-hydrogen) atoms. The van der Waals surface area contributed by atoms with Gasteiger partial charge in [0.15, 0.2) is 0 Å². The van der Waals surface area contributed by atoms with Gasteiger partial charge < -0.3 is 14.8 Å². The first kappa shape index (κ1) is 18.2. The van der Waals surface area contributed by atoms with Crippen molar-refractivity contribution in [3.8, 4) is 0 Å². The topological polar surface area (TPSA) is 67.2 Å². The normalized spacial score (nSPS) is 16.2. The number of imidazole rings is 1. The molecule has 1 saturated heterocycles. The number of hydrogen-bond acceptors (Lipinski definition) is 3. The number of rotatable bonds is 6. The molecule has 0 spiro atoms. The predicted molar refractivity (Wildman–Crippen MR) is 99.3 cm³/mol. The van der Waals surface area contributed by atoms with Crippen LogP contribution in [0.1, 0.15) is 49.5 Å². The number of aromatic nitrogens is 2. The Bertz CT molecular complexity index is 741. The molecule has 1 N–H and O–H groups in total. The summed E-state index contributed by atoms with van der Waals surface area (Å²) in [5.74, 6) is 0.883. The van der Waals surface area contributed by atoms with E-state index in [9.17, 15) is 9.59 Å². The zero-order valence-corrected chi connectivity index (χ0v) is 15.2. The highest BCUT2D eigenvalue weighted by Gasteiger charge is 2.22. The van der Waals surface area contributed by atoms with Crippen LogP contribution < -0.4 is 5.32 Å². The molecule has 0 saturated carbocycles. The van der Waals surface area contributed by atoms with Crippen LogP contribution in [0, 0.1) is 0 Å². The largest absolute Gasteiger partial charge is 0.342 e. The summed E-state index contributed by atoms with van der Waals surface area (Å²) in [6, 6.07) is 9.52. The van der Waals surface area contributed by atoms with E-state index in [0.29, 0.717) is 19.4 Å². The third-order valence-corrected chi connectivity index (χ3v) is 4.84. The Morgan fingerprint density at radius 1 is 1.23 bits per heavy atom. The van der Waals surface area contributed by atoms with Gasteiger partial charge in [-0.3, -0.25) is 9.59 Å². The molecule has 1 aliphatic heterocycles. The first-order valence-corrected chi connectivity index (χ1v) is 9.24. The lowest BCUT2D eigenvalue weighted by Crippen LogP contribution is -2.36. The van der Waals surface area contributed by atoms with Crippen LogP contribution in [0.5, 0.6) is 0 Å². The molecule has 1 aromatic carbocycles. The number of carbonyl (C=O) groups excluding carboxylic acids is 2. The van der Waals surface area contributed by atoms with Crippen LogP contribution in [0.3, 0.4) is 0 Å². The molecule has 2 aromatic rings. The molecule has 2 heterocycles. The summed E-state index contributed by atoms with van der Waals surface area (Å²) >= 11 is 0. The second-order valence-corrected chi connectivity index (χ2v) is 6.75. The molecule has 138 valence electrons. The fourth-order valence-electron chi connectivity index (χ4n) is 3.34. The van der Waals surface area contributed by atoms with Gasteiger partial charge in [-0.2, -0.15) is 0 Å². The van der Waals surface area contributed by atoms with E-state index in [2.05, 4.69) is 10.3 Å². The number of likely N-dealkylation sites (tertiary alicyclic amines) is 1. The maximum atomic E-state index is 12.6. The molecular weight excluding hydrogens is 328 g/mol. The first-order valence-electron chi connectivity index (χ1n) is 9.24. The van der Waals surface area contributed by atoms with Gasteiger partial charge in [0.05, 0.1) is 0 Å². The van der Waals surface area contributed by atoms with Crippen LogP contribution in [0.25, 0.3) is 0 Å². The Morgan fingerprint density at radius 3 is 2.77 bits per heavy atom. The van der Waals surface area contributed by atoms with Crippen molar-refractivity contribution in [1.29, 1.82) is 0 Å². The Labute approximate surface area is 154 Å². The van der Waals surface area contributed by atoms with Crippen molar-refractivity contribution in [2.24, 2.45) is 7.05 Å². The minimum Gasteiger partial charge on any atom is -0.342 e. The lowest BCUT2D eigenvalue weighted by molar-refractivity contribution is -0.131. The van der Waals surface area contributed by atoms with Crippen molar-refractivity contribution in [1.82, 2.24) is 19.8 Å². The third-order valence-electron chi connectivity index (χ3n) is 4.84. The average Bonchev–Trinajstić information content (AvgIpc) is 2.96. The van der Waals surface area contributed by atoms with E-state index in [1.54, 1.807) is 6.20 Å². The lowest BCUT2D eigenvalue weighted by atomic mass is 10.1. The van der Waals surface area contributed by atoms with Gasteiger partial charge in [0, 0.05) is 45.4 Å². The molecule has 1 aliphatic rings. The molecule has 1 aromatic heterocycles. The maximum Gasteiger partial charge on any atom is 0.222 e. The summed E-state index contributed by atoms with van der Waals surface area (Å²) in [6.07, 6.45) is 7.56. The standard InChI is InChI=1S/C20H26N4O2/c1-23-15-12-21-20(23)19(16-8-4-2-5-9-16)22-17(25)11-14-24-13-7-3-6-10-18(24)26/h2,4-5,8-9,12,15,19H,3,6-7,10-11,13-14H2,1H3,(H,22,25). The molecule has 0 radical (unpaired) electrons. The summed E-state index contributed by atoms with van der Waals surface area (Å²) < 4.78 is 1.91. The van der Waals surface area contributed by atoms with E-state index >= 15 is 0 Å². The van der Waals surface area contributed by atoms with Crippen LogP contribution in [0.4, 0.5) is 0 Å². The Hall–Kier alpha value is -2.63. The molecule has 1 atom stereocenters. The molecular formula is C20H26N4O2. The van der Waals surface area contributed by atoms with Crippen molar-refractivity contribution in [2.75, 3.05) is 13.1 Å². The fraction of sp³-hybridized carbons (Fsp3) is 0.450. The molecule has 6 heteroatoms. The molecule has 6 nitrogen and oxygen atoms in total. The minimum atomic E-state index is -0.302. The zero-order chi connectivity index (χ0) is 18.4. The van der Waals surface area contributed by atoms with Crippen LogP contribution in [0.15, 0.2) is 42.7 Å². The number of nitrogens with one attached hydrogen (secondary N) is 1. The number of amides is 2. The summed E-state index contributed by atoms with van der Waals surface area (Å²) in [7, 11) is 1.92. The molecule has 3 rings (SSSR count). The number of benzene rings is 1. The first-order chi connectivity index (χ1) is 12.6. The fourth-order valence-corrected chi connectivity index (χ4v) is 3.34. The summed E-state index contributed by atoms with van der Waals surface area (Å²) in [4.78, 5) is 30.9. The second-order valence-electron chi connectivity index (χ2n) is 6.75. The third kappa shape index (κ3) is 4.50. The van der Waals surface area contributed by atoms with E-state index in [4.69, 9.17) is 0 Å². The predicted octanol–water partition coefficient (Wildman–Crippen LogP) is 2.42. The van der Waals surface area contributed by atoms with Crippen LogP contribution >= 0.6 is 0 Å². The summed E-state index contributed by atoms with van der Waals surface area (Å²) in [5.41, 5.74) is 0.987. The summed E-state index contributed by atoms with van der Waals surface area (Å²) in [5, 5.41) is 3.09. The number of carbonyl (C=O) groups is 2. The molecule has 0 bridgehead atoms. The van der Waals surface area contributed by atoms with Gasteiger partial charge in [0.2, 0.25) is 11.8 Å². The molecule has 1 unspecified atom stereocenters. The second kappa shape index (κ2) is 8.65. The monoisotopic (exact) mass is 354 g/mol. The zero-order valence-electron chi connectivity index (χ0n) is 15.2. The highest BCUT2D eigenvalue weighted by molar-refractivity contribution is 5.79. The molecule has 0 aliphatic carbocycles. The Morgan fingerprint density at radius 2 is 2.04 bits per heavy atom. The SMILES string of the molecule is Cn1ccnc1C(NC(=O)CCN1CCCCCC1=O)c1ccccc1. The van der Waals surface area contributed by atoms with Crippen LogP contribution in [-0.4, -0.2) is 39.4 Å². The van der Waals surface area contributed by atoms with Crippen molar-refractivity contribution >= 4 is 11.8 Å². The van der Waals surface area contributed by atoms with Gasteiger partial charge in [-0.1, -0.05) is 36.8 Å². The lowest BCUT2D eigenvalue weighted by Gasteiger charge is -2.22. The van der Waals surface area contributed by atoms with Crippen molar-refractivity contribution in [3.63, 3.8) is 0 Å². The van der Waals surface area contributed by atoms with Crippen LogP contribution in [-0.2, 0) is 16.6 Å². The minimum absolute atomic E-state index is 0.0705. The molecule has 1 fully saturated rings. The van der Waals surface area contributed by atoms with E-state index in [1.165, 1.54) is 0 Å². The van der Waals surface area contributed by atoms with E-state index < -0.39 is 0 Å². The Balaban J connectivity index is 1.66. The van der Waals surface area contributed by atoms with E-state index in [1.807, 2.05) is 53.0 Å². The highest BCUT2D eigenvalue weighted by Crippen LogP contribution is 2.20. The van der Waals surface area contributed by atoms with Gasteiger partial charge in [-0.05, 0) is 18.4 Å². The van der Waals surface area contributed by atoms with Gasteiger partial charge >= 0.3 is 0 Å². The van der Waals surface area contributed by atoms with E-state index in [0.717, 1.165) is 37.2 Å². The van der Waals surface area contributed by atoms with Crippen molar-refractivity contribution in [2.45, 2.75) is 38.1 Å². The van der Waals surface area contributed by atoms with Gasteiger partial charge in [-0.15, -0.1) is 0 Å². The summed E-state index contributed by atoms with van der Waals surface area (Å²) in [6.45, 7) is 1.24. The van der Waals surface area contributed by atoms with Crippen LogP contribution in [0.2, 0.25) is 0 Å². The van der Waals surface area contributed by atoms with Gasteiger partial charge in [0.1, 0.15) is 11.9 Å². The number of hydrogen-bond donors (Lipinski definition) is 1. The average molecular weight is 354 g/mol. The number of nitrogens with zero attached hydrogens (tertiary/aromatic N) is 3. The van der Waals surface area contributed by atoms with Gasteiger partial charge in [0.25, 0.3) is 0 Å². The van der Waals surface area contributed by atoms with Crippen molar-refractivity contribution < 1.29 is 9.59 Å². The highest BCUT2D eigenvalue weighted by atomic mass is 16.2. The van der Waals surface area contributed by atoms with Crippen molar-refractivity contribution in [3.05, 3.63) is 54.1 Å².